The van der Waals surface area contributed by atoms with E-state index in [0.717, 1.165) is 64.2 Å². The van der Waals surface area contributed by atoms with Crippen molar-refractivity contribution in [2.45, 2.75) is 341 Å². The van der Waals surface area contributed by atoms with E-state index < -0.39 is 6.10 Å². The van der Waals surface area contributed by atoms with Gasteiger partial charge in [0.15, 0.2) is 6.10 Å². The van der Waals surface area contributed by atoms with Crippen LogP contribution in [0, 0.1) is 0 Å². The van der Waals surface area contributed by atoms with Crippen LogP contribution in [0.3, 0.4) is 0 Å². The van der Waals surface area contributed by atoms with Crippen LogP contribution in [-0.4, -0.2) is 37.2 Å². The SMILES string of the molecule is CCCCCCCC/C=C\CCCCCCCC(=O)OCC(COC(=O)CCCCCCCCCCCCCCCCCCC)OC(=O)CCCCCCCCCCCCCCCCCC. The molecular formula is C60H114O6. The van der Waals surface area contributed by atoms with Crippen LogP contribution in [0.15, 0.2) is 12.2 Å². The average molecular weight is 932 g/mol. The molecule has 0 heterocycles. The van der Waals surface area contributed by atoms with Crippen molar-refractivity contribution < 1.29 is 28.6 Å². The average Bonchev–Trinajstić information content (AvgIpc) is 3.31. The Morgan fingerprint density at radius 1 is 0.288 bits per heavy atom. The molecule has 0 spiro atoms. The molecule has 0 aliphatic carbocycles. The van der Waals surface area contributed by atoms with Crippen LogP contribution in [0.2, 0.25) is 0 Å². The maximum atomic E-state index is 12.9. The third-order valence-electron chi connectivity index (χ3n) is 13.5. The standard InChI is InChI=1S/C60H114O6/c1-4-7-10-13-16-19-22-25-28-30-33-35-38-41-44-47-50-53-59(62)65-56-57(55-64-58(61)52-49-46-43-40-37-34-31-27-24-21-18-15-12-9-6-3)66-60(63)54-51-48-45-42-39-36-32-29-26-23-20-17-14-11-8-5-2/h27,31,57H,4-26,28-30,32-56H2,1-3H3/b31-27-. The van der Waals surface area contributed by atoms with E-state index in [1.165, 1.54) is 231 Å². The van der Waals surface area contributed by atoms with Gasteiger partial charge in [-0.2, -0.15) is 0 Å². The number of unbranched alkanes of at least 4 members (excludes halogenated alkanes) is 42. The van der Waals surface area contributed by atoms with Crippen LogP contribution in [0.4, 0.5) is 0 Å². The van der Waals surface area contributed by atoms with E-state index in [4.69, 9.17) is 14.2 Å². The third-order valence-corrected chi connectivity index (χ3v) is 13.5. The molecular weight excluding hydrogens is 817 g/mol. The van der Waals surface area contributed by atoms with Crippen molar-refractivity contribution in [2.24, 2.45) is 0 Å². The summed E-state index contributed by atoms with van der Waals surface area (Å²) in [5, 5.41) is 0. The van der Waals surface area contributed by atoms with Gasteiger partial charge in [-0.3, -0.25) is 14.4 Å². The van der Waals surface area contributed by atoms with Crippen molar-refractivity contribution >= 4 is 17.9 Å². The largest absolute Gasteiger partial charge is 0.462 e. The fourth-order valence-corrected chi connectivity index (χ4v) is 9.03. The van der Waals surface area contributed by atoms with Crippen molar-refractivity contribution in [3.63, 3.8) is 0 Å². The van der Waals surface area contributed by atoms with Gasteiger partial charge in [-0.1, -0.05) is 283 Å². The molecule has 0 radical (unpaired) electrons. The van der Waals surface area contributed by atoms with Crippen LogP contribution in [0.25, 0.3) is 0 Å². The zero-order valence-electron chi connectivity index (χ0n) is 44.7. The summed E-state index contributed by atoms with van der Waals surface area (Å²) in [6.45, 7) is 6.69. The minimum Gasteiger partial charge on any atom is -0.462 e. The van der Waals surface area contributed by atoms with Gasteiger partial charge in [-0.05, 0) is 44.9 Å². The molecule has 0 aromatic carbocycles. The minimum atomic E-state index is -0.767. The lowest BCUT2D eigenvalue weighted by atomic mass is 10.0. The van der Waals surface area contributed by atoms with Crippen LogP contribution >= 0.6 is 0 Å². The summed E-state index contributed by atoms with van der Waals surface area (Å²) in [6.07, 6.45) is 63.4. The Hall–Kier alpha value is -1.85. The van der Waals surface area contributed by atoms with E-state index in [2.05, 4.69) is 32.9 Å². The van der Waals surface area contributed by atoms with Crippen molar-refractivity contribution in [2.75, 3.05) is 13.2 Å². The lowest BCUT2D eigenvalue weighted by Crippen LogP contribution is -2.30. The second-order valence-corrected chi connectivity index (χ2v) is 20.3. The number of rotatable bonds is 55. The highest BCUT2D eigenvalue weighted by atomic mass is 16.6. The van der Waals surface area contributed by atoms with Crippen molar-refractivity contribution in [3.05, 3.63) is 12.2 Å². The first-order valence-electron chi connectivity index (χ1n) is 29.7. The third kappa shape index (κ3) is 53.1. The van der Waals surface area contributed by atoms with Crippen molar-refractivity contribution in [1.29, 1.82) is 0 Å². The number of carbonyl (C=O) groups is 3. The molecule has 390 valence electrons. The molecule has 0 bridgehead atoms. The van der Waals surface area contributed by atoms with Gasteiger partial charge in [0, 0.05) is 19.3 Å². The van der Waals surface area contributed by atoms with Crippen LogP contribution < -0.4 is 0 Å². The minimum absolute atomic E-state index is 0.0663. The Balaban J connectivity index is 4.32. The second kappa shape index (κ2) is 55.7. The summed E-state index contributed by atoms with van der Waals surface area (Å²) in [6, 6.07) is 0. The summed E-state index contributed by atoms with van der Waals surface area (Å²) in [4.78, 5) is 38.2. The summed E-state index contributed by atoms with van der Waals surface area (Å²) in [7, 11) is 0. The summed E-state index contributed by atoms with van der Waals surface area (Å²) in [5.74, 6) is -0.848. The number of hydrogen-bond acceptors (Lipinski definition) is 6. The van der Waals surface area contributed by atoms with Gasteiger partial charge in [-0.25, -0.2) is 0 Å². The molecule has 6 nitrogen and oxygen atoms in total. The van der Waals surface area contributed by atoms with Gasteiger partial charge in [0.1, 0.15) is 13.2 Å². The van der Waals surface area contributed by atoms with Gasteiger partial charge < -0.3 is 14.2 Å². The molecule has 0 saturated heterocycles. The molecule has 0 N–H and O–H groups in total. The monoisotopic (exact) mass is 931 g/mol. The molecule has 0 aromatic heterocycles. The first kappa shape index (κ1) is 64.2. The van der Waals surface area contributed by atoms with Gasteiger partial charge in [0.05, 0.1) is 0 Å². The molecule has 0 aromatic rings. The zero-order chi connectivity index (χ0) is 47.9. The highest BCUT2D eigenvalue weighted by Gasteiger charge is 2.19. The molecule has 0 saturated carbocycles. The zero-order valence-corrected chi connectivity index (χ0v) is 44.7. The molecule has 0 amide bonds. The topological polar surface area (TPSA) is 78.9 Å². The maximum Gasteiger partial charge on any atom is 0.306 e. The highest BCUT2D eigenvalue weighted by molar-refractivity contribution is 5.71. The molecule has 66 heavy (non-hydrogen) atoms. The van der Waals surface area contributed by atoms with Gasteiger partial charge in [0.2, 0.25) is 0 Å². The molecule has 1 atom stereocenters. The lowest BCUT2D eigenvalue weighted by Gasteiger charge is -2.18. The molecule has 6 heteroatoms. The van der Waals surface area contributed by atoms with E-state index in [1.807, 2.05) is 0 Å². The predicted molar refractivity (Wildman–Crippen MR) is 284 cm³/mol. The quantitative estimate of drug-likeness (QED) is 0.0262. The molecule has 0 aliphatic rings. The van der Waals surface area contributed by atoms with E-state index >= 15 is 0 Å². The van der Waals surface area contributed by atoms with Crippen LogP contribution in [0.5, 0.6) is 0 Å². The highest BCUT2D eigenvalue weighted by Crippen LogP contribution is 2.17. The van der Waals surface area contributed by atoms with E-state index in [1.54, 1.807) is 0 Å². The molecule has 0 fully saturated rings. The van der Waals surface area contributed by atoms with Crippen molar-refractivity contribution in [3.8, 4) is 0 Å². The fraction of sp³-hybridized carbons (Fsp3) is 0.917. The van der Waals surface area contributed by atoms with Crippen molar-refractivity contribution in [1.82, 2.24) is 0 Å². The smallest absolute Gasteiger partial charge is 0.306 e. The molecule has 0 aliphatic heterocycles. The fourth-order valence-electron chi connectivity index (χ4n) is 9.03. The number of hydrogen-bond donors (Lipinski definition) is 0. The van der Waals surface area contributed by atoms with E-state index in [0.29, 0.717) is 19.3 Å². The van der Waals surface area contributed by atoms with E-state index in [9.17, 15) is 14.4 Å². The Morgan fingerprint density at radius 3 is 0.758 bits per heavy atom. The maximum absolute atomic E-state index is 12.9. The van der Waals surface area contributed by atoms with Gasteiger partial charge in [0.25, 0.3) is 0 Å². The first-order chi connectivity index (χ1) is 32.5. The summed E-state index contributed by atoms with van der Waals surface area (Å²) >= 11 is 0. The number of allylic oxidation sites excluding steroid dienone is 2. The summed E-state index contributed by atoms with van der Waals surface area (Å²) in [5.41, 5.74) is 0. The van der Waals surface area contributed by atoms with Gasteiger partial charge in [-0.15, -0.1) is 0 Å². The van der Waals surface area contributed by atoms with E-state index in [-0.39, 0.29) is 31.1 Å². The Labute approximate surface area is 411 Å². The number of esters is 3. The Kier molecular flexibility index (Phi) is 54.2. The second-order valence-electron chi connectivity index (χ2n) is 20.3. The Morgan fingerprint density at radius 2 is 0.500 bits per heavy atom. The normalized spacial score (nSPS) is 12.0. The van der Waals surface area contributed by atoms with Crippen LogP contribution in [0.1, 0.15) is 335 Å². The molecule has 1 unspecified atom stereocenters. The van der Waals surface area contributed by atoms with Gasteiger partial charge >= 0.3 is 17.9 Å². The number of ether oxygens (including phenoxy) is 3. The Bertz CT molecular complexity index is 1020. The first-order valence-corrected chi connectivity index (χ1v) is 29.7. The summed E-state index contributed by atoms with van der Waals surface area (Å²) < 4.78 is 16.9. The predicted octanol–water partition coefficient (Wildman–Crippen LogP) is 19.7. The lowest BCUT2D eigenvalue weighted by molar-refractivity contribution is -0.167. The number of carbonyl (C=O) groups excluding carboxylic acids is 3. The van der Waals surface area contributed by atoms with Crippen LogP contribution in [-0.2, 0) is 28.6 Å². The molecule has 0 rings (SSSR count).